The zero-order valence-electron chi connectivity index (χ0n) is 21.9. The highest BCUT2D eigenvalue weighted by molar-refractivity contribution is 5.72. The van der Waals surface area contributed by atoms with Crippen LogP contribution in [0, 0.1) is 19.8 Å². The van der Waals surface area contributed by atoms with E-state index in [2.05, 4.69) is 68.2 Å². The maximum Gasteiger partial charge on any atom is 0.290 e. The van der Waals surface area contributed by atoms with Crippen LogP contribution in [0.25, 0.3) is 11.1 Å². The highest BCUT2D eigenvalue weighted by atomic mass is 16.5. The lowest BCUT2D eigenvalue weighted by molar-refractivity contribution is -0.122. The van der Waals surface area contributed by atoms with Crippen LogP contribution in [0.4, 0.5) is 0 Å². The molecule has 6 nitrogen and oxygen atoms in total. The minimum atomic E-state index is -0.722. The standard InChI is InChI=1S/C29H35NO3.CH2O2/c1-19-11-24-16-27(30-17-25(24)12-19)33-18-22-7-6-8-23(15-22)28-20(2)13-26(14-21(28)3)32-10-9-29(4,5)31;2-1-3/h6-8,13-17,19,31H,9-12,18H2,1-5H3;1H,(H,2,3). The van der Waals surface area contributed by atoms with Gasteiger partial charge in [0.1, 0.15) is 12.4 Å². The Morgan fingerprint density at radius 3 is 2.39 bits per heavy atom. The van der Waals surface area contributed by atoms with Crippen LogP contribution in [0.3, 0.4) is 0 Å². The van der Waals surface area contributed by atoms with Crippen molar-refractivity contribution in [2.75, 3.05) is 6.61 Å². The molecule has 192 valence electrons. The summed E-state index contributed by atoms with van der Waals surface area (Å²) in [6.45, 7) is 10.8. The first kappa shape index (κ1) is 27.2. The first-order valence-corrected chi connectivity index (χ1v) is 12.3. The predicted octanol–water partition coefficient (Wildman–Crippen LogP) is 5.92. The molecule has 0 saturated carbocycles. The zero-order chi connectivity index (χ0) is 26.3. The Morgan fingerprint density at radius 1 is 1.06 bits per heavy atom. The molecule has 1 atom stereocenters. The van der Waals surface area contributed by atoms with Gasteiger partial charge in [-0.1, -0.05) is 25.1 Å². The molecular formula is C30H37NO5. The highest BCUT2D eigenvalue weighted by Crippen LogP contribution is 2.32. The fourth-order valence-corrected chi connectivity index (χ4v) is 4.63. The summed E-state index contributed by atoms with van der Waals surface area (Å²) in [5.74, 6) is 2.24. The number of aryl methyl sites for hydroxylation is 2. The molecule has 1 unspecified atom stereocenters. The molecule has 4 rings (SSSR count). The largest absolute Gasteiger partial charge is 0.493 e. The van der Waals surface area contributed by atoms with Crippen molar-refractivity contribution >= 4 is 6.47 Å². The molecule has 0 aliphatic heterocycles. The second kappa shape index (κ2) is 12.0. The van der Waals surface area contributed by atoms with Gasteiger partial charge in [-0.25, -0.2) is 4.98 Å². The molecular weight excluding hydrogens is 454 g/mol. The number of hydrogen-bond donors (Lipinski definition) is 2. The van der Waals surface area contributed by atoms with E-state index in [1.54, 1.807) is 13.8 Å². The summed E-state index contributed by atoms with van der Waals surface area (Å²) in [7, 11) is 0. The molecule has 0 radical (unpaired) electrons. The number of rotatable bonds is 8. The van der Waals surface area contributed by atoms with E-state index < -0.39 is 5.60 Å². The van der Waals surface area contributed by atoms with E-state index in [0.29, 0.717) is 31.4 Å². The van der Waals surface area contributed by atoms with Crippen molar-refractivity contribution in [1.82, 2.24) is 4.98 Å². The Balaban J connectivity index is 0.00000115. The number of ether oxygens (including phenoxy) is 2. The van der Waals surface area contributed by atoms with Gasteiger partial charge in [-0.15, -0.1) is 0 Å². The molecule has 0 bridgehead atoms. The molecule has 1 aromatic heterocycles. The Morgan fingerprint density at radius 2 is 1.72 bits per heavy atom. The van der Waals surface area contributed by atoms with Gasteiger partial charge in [0.05, 0.1) is 12.2 Å². The number of aliphatic hydroxyl groups is 1. The van der Waals surface area contributed by atoms with Crippen molar-refractivity contribution in [3.05, 3.63) is 76.5 Å². The van der Waals surface area contributed by atoms with Crippen molar-refractivity contribution in [2.45, 2.75) is 66.1 Å². The van der Waals surface area contributed by atoms with E-state index in [0.717, 1.165) is 24.2 Å². The molecule has 2 N–H and O–H groups in total. The van der Waals surface area contributed by atoms with Crippen LogP contribution in [0.2, 0.25) is 0 Å². The van der Waals surface area contributed by atoms with Gasteiger partial charge >= 0.3 is 0 Å². The van der Waals surface area contributed by atoms with Crippen molar-refractivity contribution < 1.29 is 24.5 Å². The first-order valence-electron chi connectivity index (χ1n) is 12.3. The Bertz CT molecular complexity index is 1160. The summed E-state index contributed by atoms with van der Waals surface area (Å²) in [4.78, 5) is 12.9. The Labute approximate surface area is 213 Å². The molecule has 6 heteroatoms. The van der Waals surface area contributed by atoms with Crippen LogP contribution in [0.1, 0.15) is 55.0 Å². The average Bonchev–Trinajstić information content (AvgIpc) is 3.16. The number of pyridine rings is 1. The van der Waals surface area contributed by atoms with Gasteiger partial charge in [0.15, 0.2) is 0 Å². The quantitative estimate of drug-likeness (QED) is 0.380. The Hall–Kier alpha value is -3.38. The third-order valence-electron chi connectivity index (χ3n) is 6.29. The van der Waals surface area contributed by atoms with Gasteiger partial charge in [0.2, 0.25) is 5.88 Å². The Kier molecular flexibility index (Phi) is 9.10. The average molecular weight is 492 g/mol. The molecule has 1 aliphatic rings. The molecule has 0 amide bonds. The van der Waals surface area contributed by atoms with Crippen LogP contribution >= 0.6 is 0 Å². The van der Waals surface area contributed by atoms with E-state index >= 15 is 0 Å². The minimum absolute atomic E-state index is 0.250. The summed E-state index contributed by atoms with van der Waals surface area (Å²) in [5, 5.41) is 16.8. The van der Waals surface area contributed by atoms with E-state index in [4.69, 9.17) is 19.4 Å². The van der Waals surface area contributed by atoms with E-state index in [1.807, 2.05) is 6.20 Å². The lowest BCUT2D eigenvalue weighted by Crippen LogP contribution is -2.21. The normalized spacial score (nSPS) is 14.4. The number of carboxylic acid groups (broad SMARTS) is 1. The third kappa shape index (κ3) is 7.56. The van der Waals surface area contributed by atoms with E-state index in [9.17, 15) is 5.11 Å². The van der Waals surface area contributed by atoms with E-state index in [1.165, 1.54) is 33.4 Å². The fourth-order valence-electron chi connectivity index (χ4n) is 4.63. The third-order valence-corrected chi connectivity index (χ3v) is 6.29. The number of hydrogen-bond acceptors (Lipinski definition) is 5. The molecule has 1 aliphatic carbocycles. The maximum atomic E-state index is 9.90. The van der Waals surface area contributed by atoms with Crippen LogP contribution in [-0.4, -0.2) is 33.9 Å². The van der Waals surface area contributed by atoms with Crippen molar-refractivity contribution in [1.29, 1.82) is 0 Å². The summed E-state index contributed by atoms with van der Waals surface area (Å²) in [6.07, 6.45) is 4.79. The van der Waals surface area contributed by atoms with E-state index in [-0.39, 0.29) is 6.47 Å². The molecule has 0 saturated heterocycles. The smallest absolute Gasteiger partial charge is 0.290 e. The zero-order valence-corrected chi connectivity index (χ0v) is 21.9. The summed E-state index contributed by atoms with van der Waals surface area (Å²) in [5.41, 5.74) is 7.85. The lowest BCUT2D eigenvalue weighted by Gasteiger charge is -2.18. The summed E-state index contributed by atoms with van der Waals surface area (Å²) in [6, 6.07) is 14.8. The van der Waals surface area contributed by atoms with Crippen LogP contribution in [0.5, 0.6) is 11.6 Å². The van der Waals surface area contributed by atoms with Crippen molar-refractivity contribution in [3.63, 3.8) is 0 Å². The SMILES string of the molecule is Cc1cc(OCCC(C)(C)O)cc(C)c1-c1cccc(COc2cc3c(cn2)CC(C)C3)c1.O=CO. The van der Waals surface area contributed by atoms with Gasteiger partial charge in [0, 0.05) is 18.7 Å². The lowest BCUT2D eigenvalue weighted by atomic mass is 9.94. The monoisotopic (exact) mass is 491 g/mol. The molecule has 36 heavy (non-hydrogen) atoms. The molecule has 0 fully saturated rings. The number of nitrogens with zero attached hydrogens (tertiary/aromatic N) is 1. The van der Waals surface area contributed by atoms with Gasteiger partial charge in [-0.05, 0) is 104 Å². The van der Waals surface area contributed by atoms with Crippen LogP contribution in [0.15, 0.2) is 48.7 Å². The fraction of sp³-hybridized carbons (Fsp3) is 0.400. The van der Waals surface area contributed by atoms with Crippen molar-refractivity contribution in [3.8, 4) is 22.8 Å². The first-order chi connectivity index (χ1) is 17.1. The molecule has 3 aromatic rings. The van der Waals surface area contributed by atoms with Gasteiger partial charge in [-0.3, -0.25) is 4.79 Å². The second-order valence-corrected chi connectivity index (χ2v) is 10.2. The van der Waals surface area contributed by atoms with Crippen LogP contribution in [-0.2, 0) is 24.2 Å². The van der Waals surface area contributed by atoms with Gasteiger partial charge < -0.3 is 19.7 Å². The molecule has 0 spiro atoms. The minimum Gasteiger partial charge on any atom is -0.493 e. The van der Waals surface area contributed by atoms with Crippen molar-refractivity contribution in [2.24, 2.45) is 5.92 Å². The number of fused-ring (bicyclic) bond motifs is 1. The second-order valence-electron chi connectivity index (χ2n) is 10.2. The van der Waals surface area contributed by atoms with Gasteiger partial charge in [-0.2, -0.15) is 0 Å². The number of aromatic nitrogens is 1. The highest BCUT2D eigenvalue weighted by Gasteiger charge is 2.19. The summed E-state index contributed by atoms with van der Waals surface area (Å²) < 4.78 is 11.9. The topological polar surface area (TPSA) is 88.9 Å². The predicted molar refractivity (Wildman–Crippen MR) is 142 cm³/mol. The number of benzene rings is 2. The number of carbonyl (C=O) groups is 1. The molecule has 1 heterocycles. The van der Waals surface area contributed by atoms with Gasteiger partial charge in [0.25, 0.3) is 6.47 Å². The molecule has 2 aromatic carbocycles. The summed E-state index contributed by atoms with van der Waals surface area (Å²) >= 11 is 0. The van der Waals surface area contributed by atoms with Crippen LogP contribution < -0.4 is 9.47 Å². The maximum absolute atomic E-state index is 9.90.